The molecule has 2 heterocycles. The molecule has 8 heteroatoms. The van der Waals surface area contributed by atoms with Crippen LogP contribution in [0.2, 0.25) is 10.0 Å². The molecule has 5 rings (SSSR count). The zero-order valence-electron chi connectivity index (χ0n) is 18.7. The van der Waals surface area contributed by atoms with Crippen LogP contribution in [0.1, 0.15) is 48.3 Å². The lowest BCUT2D eigenvalue weighted by Gasteiger charge is -2.33. The minimum absolute atomic E-state index is 0.0146. The number of H-pyrrole nitrogens is 1. The molecule has 1 aliphatic heterocycles. The maximum Gasteiger partial charge on any atom is 0.251 e. The number of nitrogens with zero attached hydrogens (tertiary/aromatic N) is 2. The van der Waals surface area contributed by atoms with E-state index in [1.54, 1.807) is 18.2 Å². The van der Waals surface area contributed by atoms with Crippen LogP contribution in [0.5, 0.6) is 0 Å². The smallest absolute Gasteiger partial charge is 0.251 e. The predicted molar refractivity (Wildman–Crippen MR) is 136 cm³/mol. The summed E-state index contributed by atoms with van der Waals surface area (Å²) in [6.45, 7) is 3.06. The number of nitrogens with one attached hydrogen (secondary N) is 2. The molecule has 2 N–H and O–H groups in total. The third kappa shape index (κ3) is 4.36. The maximum atomic E-state index is 12.8. The molecule has 2 aliphatic rings. The number of fused-ring (bicyclic) bond motifs is 1. The van der Waals surface area contributed by atoms with Crippen molar-refractivity contribution in [3.8, 4) is 0 Å². The van der Waals surface area contributed by atoms with Gasteiger partial charge in [-0.1, -0.05) is 42.3 Å². The van der Waals surface area contributed by atoms with Gasteiger partial charge in [0.25, 0.3) is 5.91 Å². The largest absolute Gasteiger partial charge is 0.351 e. The van der Waals surface area contributed by atoms with Gasteiger partial charge in [-0.25, -0.2) is 4.98 Å². The van der Waals surface area contributed by atoms with Crippen LogP contribution in [0, 0.1) is 0 Å². The second kappa shape index (κ2) is 9.28. The number of carbonyl (C=O) groups excluding carboxylic acids is 2. The third-order valence-corrected chi connectivity index (χ3v) is 6.86. The van der Waals surface area contributed by atoms with Gasteiger partial charge in [0.2, 0.25) is 0 Å². The Morgan fingerprint density at radius 2 is 2.06 bits per heavy atom. The van der Waals surface area contributed by atoms with Gasteiger partial charge in [0.1, 0.15) is 5.82 Å². The van der Waals surface area contributed by atoms with Crippen LogP contribution < -0.4 is 10.2 Å². The number of halogens is 2. The molecule has 174 valence electrons. The molecule has 0 bridgehead atoms. The molecular formula is C26H24Cl2N4O2. The van der Waals surface area contributed by atoms with Crippen molar-refractivity contribution in [1.29, 1.82) is 0 Å². The molecule has 1 aromatic heterocycles. The van der Waals surface area contributed by atoms with E-state index in [-0.39, 0.29) is 17.6 Å². The van der Waals surface area contributed by atoms with Gasteiger partial charge < -0.3 is 15.2 Å². The normalized spacial score (nSPS) is 16.7. The van der Waals surface area contributed by atoms with Crippen molar-refractivity contribution in [2.45, 2.75) is 32.1 Å². The lowest BCUT2D eigenvalue weighted by atomic mass is 9.91. The Hall–Kier alpha value is -3.09. The number of imidazole rings is 1. The van der Waals surface area contributed by atoms with E-state index >= 15 is 0 Å². The number of hydrogen-bond donors (Lipinski definition) is 2. The van der Waals surface area contributed by atoms with E-state index in [0.717, 1.165) is 46.7 Å². The van der Waals surface area contributed by atoms with E-state index in [9.17, 15) is 9.59 Å². The van der Waals surface area contributed by atoms with Crippen molar-refractivity contribution in [1.82, 2.24) is 15.3 Å². The van der Waals surface area contributed by atoms with Gasteiger partial charge in [0.15, 0.2) is 5.78 Å². The lowest BCUT2D eigenvalue weighted by Crippen LogP contribution is -2.31. The first kappa shape index (κ1) is 22.7. The van der Waals surface area contributed by atoms with Gasteiger partial charge in [-0.05, 0) is 49.2 Å². The second-order valence-corrected chi connectivity index (χ2v) is 9.55. The summed E-state index contributed by atoms with van der Waals surface area (Å²) in [5, 5.41) is 4.09. The number of carbonyl (C=O) groups is 2. The number of rotatable bonds is 5. The van der Waals surface area contributed by atoms with E-state index < -0.39 is 0 Å². The van der Waals surface area contributed by atoms with Crippen LogP contribution in [-0.4, -0.2) is 34.7 Å². The number of Topliss-reactive ketones (excluding diaryl/α,β-unsaturated/α-hetero) is 1. The molecule has 1 amide bonds. The number of ketones is 1. The van der Waals surface area contributed by atoms with Crippen LogP contribution in [0.3, 0.4) is 0 Å². The summed E-state index contributed by atoms with van der Waals surface area (Å²) in [7, 11) is 0. The predicted octanol–water partition coefficient (Wildman–Crippen LogP) is 5.79. The van der Waals surface area contributed by atoms with Gasteiger partial charge in [-0.3, -0.25) is 9.59 Å². The number of aromatic nitrogens is 2. The van der Waals surface area contributed by atoms with Crippen molar-refractivity contribution in [2.75, 3.05) is 18.0 Å². The van der Waals surface area contributed by atoms with Gasteiger partial charge in [0.05, 0.1) is 21.7 Å². The number of allylic oxidation sites excluding steroid dienone is 3. The SMILES string of the molecule is CC(CNC(=O)c1ccc(N2CC=CC3=C2CCCC3=O)c(Cl)c1)c1nc2ccc(Cl)cc2[nH]1. The first-order chi connectivity index (χ1) is 16.4. The van der Waals surface area contributed by atoms with Crippen LogP contribution >= 0.6 is 23.2 Å². The molecule has 2 aromatic carbocycles. The second-order valence-electron chi connectivity index (χ2n) is 8.71. The van der Waals surface area contributed by atoms with Crippen LogP contribution in [0.4, 0.5) is 5.69 Å². The fraction of sp³-hybridized carbons (Fsp3) is 0.269. The topological polar surface area (TPSA) is 78.1 Å². The molecule has 6 nitrogen and oxygen atoms in total. The molecule has 1 atom stereocenters. The number of aromatic amines is 1. The maximum absolute atomic E-state index is 12.8. The number of hydrogen-bond acceptors (Lipinski definition) is 4. The van der Waals surface area contributed by atoms with Crippen molar-refractivity contribution >= 4 is 51.6 Å². The molecule has 1 aliphatic carbocycles. The van der Waals surface area contributed by atoms with Crippen molar-refractivity contribution in [2.24, 2.45) is 0 Å². The molecule has 34 heavy (non-hydrogen) atoms. The van der Waals surface area contributed by atoms with Crippen LogP contribution in [0.15, 0.2) is 59.8 Å². The summed E-state index contributed by atoms with van der Waals surface area (Å²) in [5.74, 6) is 0.746. The van der Waals surface area contributed by atoms with E-state index in [0.29, 0.717) is 35.1 Å². The summed E-state index contributed by atoms with van der Waals surface area (Å²) in [6.07, 6.45) is 6.17. The van der Waals surface area contributed by atoms with Crippen molar-refractivity contribution < 1.29 is 9.59 Å². The van der Waals surface area contributed by atoms with Crippen LogP contribution in [-0.2, 0) is 4.79 Å². The molecule has 1 unspecified atom stereocenters. The molecular weight excluding hydrogens is 471 g/mol. The Balaban J connectivity index is 1.28. The molecule has 0 saturated carbocycles. The number of anilines is 1. The zero-order valence-corrected chi connectivity index (χ0v) is 20.2. The average molecular weight is 495 g/mol. The zero-order chi connectivity index (χ0) is 23.8. The molecule has 3 aromatic rings. The molecule has 0 fully saturated rings. The highest BCUT2D eigenvalue weighted by Crippen LogP contribution is 2.36. The Bertz CT molecular complexity index is 1360. The lowest BCUT2D eigenvalue weighted by molar-refractivity contribution is -0.115. The van der Waals surface area contributed by atoms with Gasteiger partial charge in [-0.2, -0.15) is 0 Å². The van der Waals surface area contributed by atoms with E-state index in [4.69, 9.17) is 23.2 Å². The Labute approximate surface area is 207 Å². The van der Waals surface area contributed by atoms with Gasteiger partial charge in [-0.15, -0.1) is 0 Å². The minimum Gasteiger partial charge on any atom is -0.351 e. The molecule has 0 spiro atoms. The first-order valence-corrected chi connectivity index (χ1v) is 12.1. The Kier molecular flexibility index (Phi) is 6.19. The van der Waals surface area contributed by atoms with Gasteiger partial charge in [0, 0.05) is 47.3 Å². The first-order valence-electron chi connectivity index (χ1n) is 11.3. The van der Waals surface area contributed by atoms with Crippen molar-refractivity contribution in [3.05, 3.63) is 81.3 Å². The number of benzene rings is 2. The average Bonchev–Trinajstić information content (AvgIpc) is 3.26. The van der Waals surface area contributed by atoms with E-state index in [1.807, 2.05) is 37.3 Å². The molecule has 0 saturated heterocycles. The summed E-state index contributed by atoms with van der Waals surface area (Å²) in [6, 6.07) is 10.8. The van der Waals surface area contributed by atoms with E-state index in [1.165, 1.54) is 0 Å². The van der Waals surface area contributed by atoms with Crippen LogP contribution in [0.25, 0.3) is 11.0 Å². The summed E-state index contributed by atoms with van der Waals surface area (Å²) in [5.41, 5.74) is 4.79. The monoisotopic (exact) mass is 494 g/mol. The highest BCUT2D eigenvalue weighted by Gasteiger charge is 2.27. The summed E-state index contributed by atoms with van der Waals surface area (Å²) >= 11 is 12.7. The summed E-state index contributed by atoms with van der Waals surface area (Å²) in [4.78, 5) is 35.0. The Morgan fingerprint density at radius 1 is 1.21 bits per heavy atom. The Morgan fingerprint density at radius 3 is 2.88 bits per heavy atom. The fourth-order valence-corrected chi connectivity index (χ4v) is 4.95. The summed E-state index contributed by atoms with van der Waals surface area (Å²) < 4.78 is 0. The highest BCUT2D eigenvalue weighted by molar-refractivity contribution is 6.33. The highest BCUT2D eigenvalue weighted by atomic mass is 35.5. The standard InChI is InChI=1S/C26H24Cl2N4O2/c1-15(25-30-20-9-8-17(27)13-21(20)31-25)14-29-26(34)16-7-10-23(19(28)12-16)32-11-3-4-18-22(32)5-2-6-24(18)33/h3-4,7-10,12-13,15H,2,5-6,11,14H2,1H3,(H,29,34)(H,30,31). The van der Waals surface area contributed by atoms with Crippen molar-refractivity contribution in [3.63, 3.8) is 0 Å². The fourth-order valence-electron chi connectivity index (χ4n) is 4.49. The minimum atomic E-state index is -0.203. The quantitative estimate of drug-likeness (QED) is 0.470. The van der Waals surface area contributed by atoms with E-state index in [2.05, 4.69) is 20.2 Å². The molecule has 0 radical (unpaired) electrons. The number of amides is 1. The third-order valence-electron chi connectivity index (χ3n) is 6.33. The van der Waals surface area contributed by atoms with Gasteiger partial charge >= 0.3 is 0 Å².